The third-order valence-electron chi connectivity index (χ3n) is 2.26. The molecule has 0 saturated heterocycles. The van der Waals surface area contributed by atoms with Crippen LogP contribution < -0.4 is 4.74 Å². The quantitative estimate of drug-likeness (QED) is 0.502. The zero-order chi connectivity index (χ0) is 12.8. The van der Waals surface area contributed by atoms with Gasteiger partial charge in [0.1, 0.15) is 5.75 Å². The maximum atomic E-state index is 5.67. The Morgan fingerprint density at radius 2 is 1.67 bits per heavy atom. The smallest absolute Gasteiger partial charge is 0.119 e. The van der Waals surface area contributed by atoms with E-state index in [4.69, 9.17) is 4.74 Å². The summed E-state index contributed by atoms with van der Waals surface area (Å²) < 4.78 is 7.87. The molecule has 0 aliphatic rings. The molecule has 0 unspecified atom stereocenters. The Balaban J connectivity index is 1.76. The maximum absolute atomic E-state index is 5.67. The first-order valence-electron chi connectivity index (χ1n) is 5.51. The lowest BCUT2D eigenvalue weighted by Gasteiger charge is -2.07. The summed E-state index contributed by atoms with van der Waals surface area (Å²) in [4.78, 5) is 1.25. The largest absolute Gasteiger partial charge is 0.493 e. The molecular weight excluding hydrogens is 376 g/mol. The minimum Gasteiger partial charge on any atom is -0.493 e. The van der Waals surface area contributed by atoms with Crippen molar-refractivity contribution >= 4 is 43.6 Å². The lowest BCUT2D eigenvalue weighted by Crippen LogP contribution is -1.99. The van der Waals surface area contributed by atoms with Crippen molar-refractivity contribution in [3.05, 3.63) is 57.5 Å². The SMILES string of the molecule is Brc1ccc(OCCSc2ccccc2Br)cc1. The van der Waals surface area contributed by atoms with Gasteiger partial charge in [0.25, 0.3) is 0 Å². The second-order valence-electron chi connectivity index (χ2n) is 3.58. The highest BCUT2D eigenvalue weighted by Crippen LogP contribution is 2.26. The van der Waals surface area contributed by atoms with E-state index in [0.717, 1.165) is 20.4 Å². The van der Waals surface area contributed by atoms with E-state index in [1.165, 1.54) is 4.90 Å². The van der Waals surface area contributed by atoms with Crippen LogP contribution in [0.4, 0.5) is 0 Å². The molecule has 0 aliphatic carbocycles. The van der Waals surface area contributed by atoms with Crippen LogP contribution in [0.3, 0.4) is 0 Å². The Morgan fingerprint density at radius 1 is 0.944 bits per heavy atom. The molecule has 0 atom stereocenters. The Labute approximate surface area is 128 Å². The van der Waals surface area contributed by atoms with Gasteiger partial charge in [0, 0.05) is 19.6 Å². The first kappa shape index (κ1) is 14.0. The van der Waals surface area contributed by atoms with E-state index < -0.39 is 0 Å². The number of halogens is 2. The van der Waals surface area contributed by atoms with Crippen molar-refractivity contribution in [3.8, 4) is 5.75 Å². The van der Waals surface area contributed by atoms with Gasteiger partial charge in [-0.25, -0.2) is 0 Å². The molecule has 0 amide bonds. The van der Waals surface area contributed by atoms with Crippen molar-refractivity contribution < 1.29 is 4.74 Å². The van der Waals surface area contributed by atoms with Gasteiger partial charge >= 0.3 is 0 Å². The fourth-order valence-corrected chi connectivity index (χ4v) is 3.06. The molecule has 18 heavy (non-hydrogen) atoms. The van der Waals surface area contributed by atoms with Crippen molar-refractivity contribution in [2.75, 3.05) is 12.4 Å². The van der Waals surface area contributed by atoms with Gasteiger partial charge in [-0.05, 0) is 52.3 Å². The molecule has 0 radical (unpaired) electrons. The fourth-order valence-electron chi connectivity index (χ4n) is 1.40. The standard InChI is InChI=1S/C14H12Br2OS/c15-11-5-7-12(8-6-11)17-9-10-18-14-4-2-1-3-13(14)16/h1-8H,9-10H2. The first-order chi connectivity index (χ1) is 8.75. The van der Waals surface area contributed by atoms with Crippen LogP contribution in [0.15, 0.2) is 62.4 Å². The number of thioether (sulfide) groups is 1. The molecule has 2 aromatic rings. The Hall–Kier alpha value is -0.450. The number of hydrogen-bond donors (Lipinski definition) is 0. The Kier molecular flexibility index (Phi) is 5.60. The predicted octanol–water partition coefficient (Wildman–Crippen LogP) is 5.38. The molecule has 0 N–H and O–H groups in total. The van der Waals surface area contributed by atoms with Gasteiger partial charge in [0.15, 0.2) is 0 Å². The van der Waals surface area contributed by atoms with Crippen molar-refractivity contribution in [3.63, 3.8) is 0 Å². The third-order valence-corrected chi connectivity index (χ3v) is 4.78. The highest BCUT2D eigenvalue weighted by Gasteiger charge is 1.99. The molecule has 94 valence electrons. The van der Waals surface area contributed by atoms with E-state index in [-0.39, 0.29) is 0 Å². The van der Waals surface area contributed by atoms with Crippen LogP contribution in [0.1, 0.15) is 0 Å². The predicted molar refractivity (Wildman–Crippen MR) is 84.5 cm³/mol. The highest BCUT2D eigenvalue weighted by molar-refractivity contribution is 9.10. The average molecular weight is 388 g/mol. The zero-order valence-corrected chi connectivity index (χ0v) is 13.6. The van der Waals surface area contributed by atoms with Crippen LogP contribution in [-0.4, -0.2) is 12.4 Å². The molecular formula is C14H12Br2OS. The van der Waals surface area contributed by atoms with Crippen molar-refractivity contribution in [2.24, 2.45) is 0 Å². The first-order valence-corrected chi connectivity index (χ1v) is 8.08. The number of hydrogen-bond acceptors (Lipinski definition) is 2. The lowest BCUT2D eigenvalue weighted by atomic mass is 10.3. The van der Waals surface area contributed by atoms with E-state index in [1.807, 2.05) is 36.4 Å². The summed E-state index contributed by atoms with van der Waals surface area (Å²) in [6, 6.07) is 16.1. The van der Waals surface area contributed by atoms with Crippen LogP contribution in [0.5, 0.6) is 5.75 Å². The number of benzene rings is 2. The van der Waals surface area contributed by atoms with Gasteiger partial charge in [-0.3, -0.25) is 0 Å². The van der Waals surface area contributed by atoms with Gasteiger partial charge in [-0.15, -0.1) is 11.8 Å². The minimum atomic E-state index is 0.702. The van der Waals surface area contributed by atoms with Crippen molar-refractivity contribution in [2.45, 2.75) is 4.90 Å². The Morgan fingerprint density at radius 3 is 2.39 bits per heavy atom. The lowest BCUT2D eigenvalue weighted by molar-refractivity contribution is 0.344. The molecule has 0 aliphatic heterocycles. The zero-order valence-electron chi connectivity index (χ0n) is 9.61. The van der Waals surface area contributed by atoms with E-state index in [1.54, 1.807) is 11.8 Å². The van der Waals surface area contributed by atoms with E-state index in [9.17, 15) is 0 Å². The normalized spacial score (nSPS) is 10.3. The van der Waals surface area contributed by atoms with Gasteiger partial charge in [0.2, 0.25) is 0 Å². The summed E-state index contributed by atoms with van der Waals surface area (Å²) in [5.74, 6) is 1.84. The van der Waals surface area contributed by atoms with E-state index in [2.05, 4.69) is 44.0 Å². The third kappa shape index (κ3) is 4.34. The number of ether oxygens (including phenoxy) is 1. The summed E-state index contributed by atoms with van der Waals surface area (Å²) in [7, 11) is 0. The van der Waals surface area contributed by atoms with E-state index >= 15 is 0 Å². The van der Waals surface area contributed by atoms with Crippen LogP contribution in [-0.2, 0) is 0 Å². The van der Waals surface area contributed by atoms with Crippen LogP contribution in [0.2, 0.25) is 0 Å². The molecule has 2 aromatic carbocycles. The molecule has 0 fully saturated rings. The van der Waals surface area contributed by atoms with E-state index in [0.29, 0.717) is 6.61 Å². The fraction of sp³-hybridized carbons (Fsp3) is 0.143. The molecule has 0 saturated carbocycles. The summed E-state index contributed by atoms with van der Waals surface area (Å²) in [5.41, 5.74) is 0. The minimum absolute atomic E-state index is 0.702. The second kappa shape index (κ2) is 7.22. The summed E-state index contributed by atoms with van der Waals surface area (Å²) >= 11 is 8.72. The van der Waals surface area contributed by atoms with Crippen molar-refractivity contribution in [1.82, 2.24) is 0 Å². The van der Waals surface area contributed by atoms with Gasteiger partial charge in [0.05, 0.1) is 6.61 Å². The molecule has 1 nitrogen and oxygen atoms in total. The van der Waals surface area contributed by atoms with Gasteiger partial charge in [-0.2, -0.15) is 0 Å². The molecule has 0 aromatic heterocycles. The maximum Gasteiger partial charge on any atom is 0.119 e. The highest BCUT2D eigenvalue weighted by atomic mass is 79.9. The van der Waals surface area contributed by atoms with Gasteiger partial charge < -0.3 is 4.74 Å². The monoisotopic (exact) mass is 386 g/mol. The summed E-state index contributed by atoms with van der Waals surface area (Å²) in [6.45, 7) is 0.702. The number of rotatable bonds is 5. The van der Waals surface area contributed by atoms with Gasteiger partial charge in [-0.1, -0.05) is 28.1 Å². The average Bonchev–Trinajstić information content (AvgIpc) is 2.39. The van der Waals surface area contributed by atoms with Crippen molar-refractivity contribution in [1.29, 1.82) is 0 Å². The summed E-state index contributed by atoms with van der Waals surface area (Å²) in [6.07, 6.45) is 0. The molecule has 0 bridgehead atoms. The Bertz CT molecular complexity index is 499. The second-order valence-corrected chi connectivity index (χ2v) is 6.49. The van der Waals surface area contributed by atoms with Crippen LogP contribution in [0.25, 0.3) is 0 Å². The molecule has 4 heteroatoms. The van der Waals surface area contributed by atoms with Crippen LogP contribution in [0, 0.1) is 0 Å². The molecule has 0 heterocycles. The molecule has 2 rings (SSSR count). The summed E-state index contributed by atoms with van der Waals surface area (Å²) in [5, 5.41) is 0. The molecule has 0 spiro atoms. The topological polar surface area (TPSA) is 9.23 Å². The van der Waals surface area contributed by atoms with Crippen LogP contribution >= 0.6 is 43.6 Å².